The van der Waals surface area contributed by atoms with Gasteiger partial charge in [0.15, 0.2) is 0 Å². The Morgan fingerprint density at radius 1 is 1.00 bits per heavy atom. The molecule has 1 aliphatic rings. The topological polar surface area (TPSA) is 60.1 Å². The van der Waals surface area contributed by atoms with Gasteiger partial charge in [-0.3, -0.25) is 9.36 Å². The summed E-state index contributed by atoms with van der Waals surface area (Å²) in [4.78, 5) is 26.6. The predicted octanol–water partition coefficient (Wildman–Crippen LogP) is 3.67. The highest BCUT2D eigenvalue weighted by Gasteiger charge is 2.39. The second-order valence-corrected chi connectivity index (χ2v) is 7.96. The molecule has 1 fully saturated rings. The van der Waals surface area contributed by atoms with Crippen molar-refractivity contribution in [3.63, 3.8) is 0 Å². The van der Waals surface area contributed by atoms with E-state index in [-0.39, 0.29) is 12.3 Å². The minimum atomic E-state index is -4.69. The molecule has 4 rings (SSSR count). The zero-order valence-electron chi connectivity index (χ0n) is 17.5. The van der Waals surface area contributed by atoms with Crippen molar-refractivity contribution in [1.29, 1.82) is 0 Å². The first-order valence-electron chi connectivity index (χ1n) is 10.4. The van der Waals surface area contributed by atoms with E-state index in [0.29, 0.717) is 30.5 Å². The van der Waals surface area contributed by atoms with Crippen molar-refractivity contribution in [2.24, 2.45) is 7.05 Å². The molecule has 0 atom stereocenters. The van der Waals surface area contributed by atoms with Crippen LogP contribution in [0.25, 0.3) is 11.1 Å². The van der Waals surface area contributed by atoms with Gasteiger partial charge in [-0.2, -0.15) is 13.2 Å². The number of benzene rings is 2. The largest absolute Gasteiger partial charge is 0.451 e. The Labute approximate surface area is 182 Å². The van der Waals surface area contributed by atoms with Gasteiger partial charge in [0.2, 0.25) is 11.7 Å². The van der Waals surface area contributed by atoms with Gasteiger partial charge in [-0.25, -0.2) is 9.48 Å². The van der Waals surface area contributed by atoms with E-state index < -0.39 is 23.7 Å². The molecule has 1 aromatic heterocycles. The van der Waals surface area contributed by atoms with Crippen molar-refractivity contribution >= 4 is 5.91 Å². The molecule has 0 saturated carbocycles. The highest BCUT2D eigenvalue weighted by molar-refractivity contribution is 5.79. The van der Waals surface area contributed by atoms with Crippen LogP contribution in [0.2, 0.25) is 0 Å². The van der Waals surface area contributed by atoms with E-state index in [0.717, 1.165) is 28.4 Å². The Hall–Kier alpha value is -3.36. The molecule has 1 saturated heterocycles. The lowest BCUT2D eigenvalue weighted by Crippen LogP contribution is -2.41. The van der Waals surface area contributed by atoms with Crippen LogP contribution in [-0.2, 0) is 24.4 Å². The van der Waals surface area contributed by atoms with Gasteiger partial charge < -0.3 is 4.90 Å². The number of alkyl halides is 3. The highest BCUT2D eigenvalue weighted by atomic mass is 19.4. The van der Waals surface area contributed by atoms with E-state index in [1.807, 2.05) is 54.6 Å². The molecule has 3 aromatic rings. The third-order valence-electron chi connectivity index (χ3n) is 5.84. The van der Waals surface area contributed by atoms with Gasteiger partial charge in [-0.1, -0.05) is 54.6 Å². The van der Waals surface area contributed by atoms with Crippen LogP contribution in [-0.4, -0.2) is 38.2 Å². The predicted molar refractivity (Wildman–Crippen MR) is 113 cm³/mol. The molecule has 0 bridgehead atoms. The number of nitrogens with zero attached hydrogens (tertiary/aromatic N) is 4. The van der Waals surface area contributed by atoms with E-state index in [9.17, 15) is 22.8 Å². The van der Waals surface area contributed by atoms with Gasteiger partial charge in [-0.15, -0.1) is 5.10 Å². The van der Waals surface area contributed by atoms with Crippen LogP contribution < -0.4 is 5.69 Å². The maximum absolute atomic E-state index is 13.0. The van der Waals surface area contributed by atoms with Gasteiger partial charge in [0, 0.05) is 20.1 Å². The number of piperidine rings is 1. The molecule has 0 aliphatic carbocycles. The Morgan fingerprint density at radius 3 is 2.16 bits per heavy atom. The number of hydrogen-bond donors (Lipinski definition) is 0. The second-order valence-electron chi connectivity index (χ2n) is 7.96. The van der Waals surface area contributed by atoms with E-state index in [1.165, 1.54) is 0 Å². The summed E-state index contributed by atoms with van der Waals surface area (Å²) in [6.45, 7) is 0.742. The van der Waals surface area contributed by atoms with Crippen molar-refractivity contribution in [2.75, 3.05) is 13.1 Å². The van der Waals surface area contributed by atoms with Gasteiger partial charge in [0.25, 0.3) is 0 Å². The molecular formula is C23H23F3N4O2. The minimum Gasteiger partial charge on any atom is -0.342 e. The first-order valence-corrected chi connectivity index (χ1v) is 10.4. The molecule has 1 aliphatic heterocycles. The fraction of sp³-hybridized carbons (Fsp3) is 0.348. The average Bonchev–Trinajstić information content (AvgIpc) is 3.10. The molecule has 0 spiro atoms. The van der Waals surface area contributed by atoms with E-state index in [4.69, 9.17) is 0 Å². The van der Waals surface area contributed by atoms with Gasteiger partial charge in [-0.05, 0) is 29.5 Å². The first-order chi connectivity index (χ1) is 15.2. The lowest BCUT2D eigenvalue weighted by molar-refractivity contribution is -0.147. The maximum atomic E-state index is 13.0. The monoisotopic (exact) mass is 444 g/mol. The lowest BCUT2D eigenvalue weighted by atomic mass is 10.0. The van der Waals surface area contributed by atoms with Gasteiger partial charge >= 0.3 is 11.9 Å². The highest BCUT2D eigenvalue weighted by Crippen LogP contribution is 2.28. The van der Waals surface area contributed by atoms with Crippen molar-refractivity contribution in [3.8, 4) is 11.1 Å². The Bertz CT molecular complexity index is 1140. The molecular weight excluding hydrogens is 421 g/mol. The van der Waals surface area contributed by atoms with Crippen molar-refractivity contribution in [3.05, 3.63) is 76.5 Å². The Kier molecular flexibility index (Phi) is 5.90. The molecule has 9 heteroatoms. The van der Waals surface area contributed by atoms with Gasteiger partial charge in [0.1, 0.15) is 0 Å². The summed E-state index contributed by atoms with van der Waals surface area (Å²) < 4.78 is 40.5. The number of aromatic nitrogens is 3. The number of rotatable bonds is 4. The third kappa shape index (κ3) is 4.46. The minimum absolute atomic E-state index is 0.0414. The van der Waals surface area contributed by atoms with Crippen LogP contribution in [0.15, 0.2) is 59.4 Å². The van der Waals surface area contributed by atoms with Crippen LogP contribution >= 0.6 is 0 Å². The molecule has 168 valence electrons. The number of carbonyl (C=O) groups excluding carboxylic acids is 1. The van der Waals surface area contributed by atoms with Crippen LogP contribution in [0.5, 0.6) is 0 Å². The second kappa shape index (κ2) is 8.64. The normalized spacial score (nSPS) is 15.2. The summed E-state index contributed by atoms with van der Waals surface area (Å²) in [6.07, 6.45) is -3.67. The molecule has 2 heterocycles. The summed E-state index contributed by atoms with van der Waals surface area (Å²) in [6, 6.07) is 17.3. The average molecular weight is 444 g/mol. The number of hydrogen-bond acceptors (Lipinski definition) is 3. The van der Waals surface area contributed by atoms with Gasteiger partial charge in [0.05, 0.1) is 12.5 Å². The Morgan fingerprint density at radius 2 is 1.59 bits per heavy atom. The standard InChI is InChI=1S/C23H23F3N4O2/c1-28-21(23(24,25)26)27-30(22(28)32)19-11-13-29(14-12-19)20(31)15-16-7-9-18(10-8-16)17-5-3-2-4-6-17/h2-10,19H,11-15H2,1H3. The molecule has 2 aromatic carbocycles. The quantitative estimate of drug-likeness (QED) is 0.617. The number of amides is 1. The molecule has 0 N–H and O–H groups in total. The molecule has 0 radical (unpaired) electrons. The van der Waals surface area contributed by atoms with Crippen LogP contribution in [0.1, 0.15) is 30.3 Å². The molecule has 6 nitrogen and oxygen atoms in total. The zero-order chi connectivity index (χ0) is 22.9. The van der Waals surface area contributed by atoms with Crippen LogP contribution in [0.4, 0.5) is 13.2 Å². The van der Waals surface area contributed by atoms with Crippen molar-refractivity contribution < 1.29 is 18.0 Å². The number of halogens is 3. The van der Waals surface area contributed by atoms with Crippen molar-refractivity contribution in [1.82, 2.24) is 19.2 Å². The molecule has 32 heavy (non-hydrogen) atoms. The smallest absolute Gasteiger partial charge is 0.342 e. The fourth-order valence-electron chi connectivity index (χ4n) is 4.03. The SMILES string of the molecule is Cn1c(C(F)(F)F)nn(C2CCN(C(=O)Cc3ccc(-c4ccccc4)cc3)CC2)c1=O. The van der Waals surface area contributed by atoms with Crippen LogP contribution in [0, 0.1) is 0 Å². The zero-order valence-corrected chi connectivity index (χ0v) is 17.5. The van der Waals surface area contributed by atoms with Crippen molar-refractivity contribution in [2.45, 2.75) is 31.5 Å². The maximum Gasteiger partial charge on any atom is 0.451 e. The summed E-state index contributed by atoms with van der Waals surface area (Å²) in [5.41, 5.74) is 2.28. The first kappa shape index (κ1) is 21.9. The molecule has 1 amide bonds. The number of likely N-dealkylation sites (tertiary alicyclic amines) is 1. The fourth-order valence-corrected chi connectivity index (χ4v) is 4.03. The molecule has 0 unspecified atom stereocenters. The summed E-state index contributed by atoms with van der Waals surface area (Å²) in [5, 5.41) is 3.51. The summed E-state index contributed by atoms with van der Waals surface area (Å²) in [7, 11) is 1.07. The number of carbonyl (C=O) groups is 1. The lowest BCUT2D eigenvalue weighted by Gasteiger charge is -2.31. The Balaban J connectivity index is 1.37. The third-order valence-corrected chi connectivity index (χ3v) is 5.84. The van der Waals surface area contributed by atoms with E-state index >= 15 is 0 Å². The van der Waals surface area contributed by atoms with E-state index in [1.54, 1.807) is 4.90 Å². The summed E-state index contributed by atoms with van der Waals surface area (Å²) >= 11 is 0. The van der Waals surface area contributed by atoms with Crippen LogP contribution in [0.3, 0.4) is 0 Å². The van der Waals surface area contributed by atoms with E-state index in [2.05, 4.69) is 5.10 Å². The summed E-state index contributed by atoms with van der Waals surface area (Å²) in [5.74, 6) is -1.25.